The van der Waals surface area contributed by atoms with Crippen LogP contribution in [0.1, 0.15) is 18.4 Å². The van der Waals surface area contributed by atoms with E-state index in [1.807, 2.05) is 0 Å². The Hall–Kier alpha value is -5.11. The van der Waals surface area contributed by atoms with Gasteiger partial charge in [-0.2, -0.15) is 5.10 Å². The number of aromatic amines is 2. The van der Waals surface area contributed by atoms with Gasteiger partial charge in [-0.25, -0.2) is 32.2 Å². The number of anilines is 1. The van der Waals surface area contributed by atoms with E-state index >= 15 is 4.39 Å². The molecule has 0 radical (unpaired) electrons. The van der Waals surface area contributed by atoms with Crippen LogP contribution in [0.15, 0.2) is 55.1 Å². The number of nitrogens with zero attached hydrogens (tertiary/aromatic N) is 5. The molecule has 0 unspecified atom stereocenters. The number of halogens is 2. The van der Waals surface area contributed by atoms with Crippen molar-refractivity contribution < 1.29 is 22.0 Å². The van der Waals surface area contributed by atoms with Gasteiger partial charge in [0.2, 0.25) is 5.91 Å². The molecule has 0 bridgehead atoms. The molecule has 6 aromatic rings. The van der Waals surface area contributed by atoms with Crippen LogP contribution in [0, 0.1) is 17.6 Å². The molecule has 0 atom stereocenters. The van der Waals surface area contributed by atoms with Crippen molar-refractivity contribution in [3.63, 3.8) is 0 Å². The summed E-state index contributed by atoms with van der Waals surface area (Å²) >= 11 is 0. The minimum Gasteiger partial charge on any atom is -0.335 e. The second kappa shape index (κ2) is 10.6. The van der Waals surface area contributed by atoms with E-state index in [9.17, 15) is 17.6 Å². The van der Waals surface area contributed by atoms with Crippen molar-refractivity contribution in [1.82, 2.24) is 35.1 Å². The maximum atomic E-state index is 16.2. The number of aromatic nitrogens is 7. The molecule has 1 aliphatic rings. The van der Waals surface area contributed by atoms with Crippen LogP contribution in [0.5, 0.6) is 0 Å². The molecular formula is C30H24F2N8O3S. The molecule has 11 nitrogen and oxygen atoms in total. The highest BCUT2D eigenvalue weighted by Gasteiger charge is 2.29. The van der Waals surface area contributed by atoms with E-state index < -0.39 is 21.5 Å². The molecule has 1 aromatic carbocycles. The van der Waals surface area contributed by atoms with Gasteiger partial charge >= 0.3 is 0 Å². The SMILES string of the molecule is CS(=O)(=O)CCc1cc(F)cc(-c2ccnc3nc(-c4[nH]nc5ncc(-c6cncc(NC(=O)C7CC7)c6)c(F)c45)[nH]c23)c1. The summed E-state index contributed by atoms with van der Waals surface area (Å²) in [7, 11) is -3.23. The zero-order chi connectivity index (χ0) is 30.6. The number of carbonyl (C=O) groups excluding carboxylic acids is 1. The lowest BCUT2D eigenvalue weighted by molar-refractivity contribution is -0.117. The summed E-state index contributed by atoms with van der Waals surface area (Å²) in [6.07, 6.45) is 8.87. The molecule has 44 heavy (non-hydrogen) atoms. The number of H-pyrrole nitrogens is 2. The number of fused-ring (bicyclic) bond motifs is 2. The Morgan fingerprint density at radius 3 is 2.66 bits per heavy atom. The van der Waals surface area contributed by atoms with Crippen molar-refractivity contribution in [1.29, 1.82) is 0 Å². The fourth-order valence-corrected chi connectivity index (χ4v) is 5.70. The third-order valence-electron chi connectivity index (χ3n) is 7.44. The zero-order valence-corrected chi connectivity index (χ0v) is 24.0. The van der Waals surface area contributed by atoms with E-state index in [1.54, 1.807) is 18.2 Å². The molecule has 1 amide bonds. The van der Waals surface area contributed by atoms with Crippen LogP contribution in [0.4, 0.5) is 14.5 Å². The van der Waals surface area contributed by atoms with Gasteiger partial charge in [0, 0.05) is 47.5 Å². The molecule has 0 spiro atoms. The molecule has 222 valence electrons. The van der Waals surface area contributed by atoms with Crippen LogP contribution in [0.2, 0.25) is 0 Å². The van der Waals surface area contributed by atoms with Gasteiger partial charge in [0.05, 0.1) is 28.5 Å². The molecular weight excluding hydrogens is 590 g/mol. The van der Waals surface area contributed by atoms with E-state index in [4.69, 9.17) is 0 Å². The van der Waals surface area contributed by atoms with Crippen molar-refractivity contribution in [3.05, 3.63) is 72.3 Å². The normalized spacial score (nSPS) is 13.5. The van der Waals surface area contributed by atoms with Gasteiger partial charge in [0.15, 0.2) is 17.1 Å². The summed E-state index contributed by atoms with van der Waals surface area (Å²) in [6, 6.07) is 7.70. The van der Waals surface area contributed by atoms with Gasteiger partial charge in [-0.1, -0.05) is 6.07 Å². The molecule has 14 heteroatoms. The van der Waals surface area contributed by atoms with Crippen molar-refractivity contribution in [3.8, 4) is 33.8 Å². The minimum atomic E-state index is -3.23. The van der Waals surface area contributed by atoms with Gasteiger partial charge in [-0.15, -0.1) is 0 Å². The van der Waals surface area contributed by atoms with Crippen LogP contribution in [-0.2, 0) is 21.1 Å². The Morgan fingerprint density at radius 2 is 1.86 bits per heavy atom. The summed E-state index contributed by atoms with van der Waals surface area (Å²) in [5.41, 5.74) is 3.77. The van der Waals surface area contributed by atoms with Gasteiger partial charge in [-0.3, -0.25) is 14.9 Å². The quantitative estimate of drug-likeness (QED) is 0.220. The lowest BCUT2D eigenvalue weighted by Crippen LogP contribution is -2.13. The number of hydrogen-bond acceptors (Lipinski definition) is 8. The van der Waals surface area contributed by atoms with E-state index in [0.29, 0.717) is 39.1 Å². The lowest BCUT2D eigenvalue weighted by atomic mass is 10.0. The number of sulfone groups is 1. The van der Waals surface area contributed by atoms with Crippen LogP contribution < -0.4 is 5.32 Å². The predicted molar refractivity (Wildman–Crippen MR) is 160 cm³/mol. The molecule has 1 aliphatic carbocycles. The average Bonchev–Trinajstić information content (AvgIpc) is 3.60. The minimum absolute atomic E-state index is 0.00329. The Balaban J connectivity index is 1.27. The highest BCUT2D eigenvalue weighted by atomic mass is 32.2. The van der Waals surface area contributed by atoms with Crippen molar-refractivity contribution in [2.24, 2.45) is 5.92 Å². The third-order valence-corrected chi connectivity index (χ3v) is 8.39. The monoisotopic (exact) mass is 614 g/mol. The fourth-order valence-electron chi connectivity index (χ4n) is 5.09. The highest BCUT2D eigenvalue weighted by molar-refractivity contribution is 7.90. The fraction of sp³-hybridized carbons (Fsp3) is 0.200. The molecule has 5 aromatic heterocycles. The number of hydrogen-bond donors (Lipinski definition) is 3. The average molecular weight is 615 g/mol. The molecule has 3 N–H and O–H groups in total. The Bertz CT molecular complexity index is 2210. The maximum absolute atomic E-state index is 16.2. The first-order valence-electron chi connectivity index (χ1n) is 13.7. The summed E-state index contributed by atoms with van der Waals surface area (Å²) in [5.74, 6) is -1.08. The lowest BCUT2D eigenvalue weighted by Gasteiger charge is -2.08. The Kier molecular flexibility index (Phi) is 6.65. The topological polar surface area (TPSA) is 159 Å². The summed E-state index contributed by atoms with van der Waals surface area (Å²) in [4.78, 5) is 32.8. The van der Waals surface area contributed by atoms with E-state index in [1.165, 1.54) is 36.9 Å². The first-order chi connectivity index (χ1) is 21.1. The van der Waals surface area contributed by atoms with Gasteiger partial charge < -0.3 is 10.3 Å². The first kappa shape index (κ1) is 27.7. The van der Waals surface area contributed by atoms with Crippen LogP contribution in [-0.4, -0.2) is 61.5 Å². The smallest absolute Gasteiger partial charge is 0.227 e. The van der Waals surface area contributed by atoms with Gasteiger partial charge in [0.25, 0.3) is 0 Å². The second-order valence-corrected chi connectivity index (χ2v) is 13.1. The number of nitrogens with one attached hydrogen (secondary N) is 3. The number of carbonyl (C=O) groups is 1. The number of benzene rings is 1. The molecule has 0 saturated heterocycles. The van der Waals surface area contributed by atoms with Gasteiger partial charge in [0.1, 0.15) is 27.2 Å². The van der Waals surface area contributed by atoms with Crippen molar-refractivity contribution in [2.45, 2.75) is 19.3 Å². The molecule has 7 rings (SSSR count). The van der Waals surface area contributed by atoms with Crippen LogP contribution in [0.25, 0.3) is 56.0 Å². The molecule has 5 heterocycles. The first-order valence-corrected chi connectivity index (χ1v) is 15.8. The van der Waals surface area contributed by atoms with E-state index in [2.05, 4.69) is 40.4 Å². The summed E-state index contributed by atoms with van der Waals surface area (Å²) in [5, 5.41) is 9.88. The van der Waals surface area contributed by atoms with Gasteiger partial charge in [-0.05, 0) is 54.7 Å². The van der Waals surface area contributed by atoms with Crippen molar-refractivity contribution >= 4 is 43.6 Å². The predicted octanol–water partition coefficient (Wildman–Crippen LogP) is 4.84. The van der Waals surface area contributed by atoms with Crippen molar-refractivity contribution in [2.75, 3.05) is 17.3 Å². The molecule has 1 saturated carbocycles. The largest absolute Gasteiger partial charge is 0.335 e. The highest BCUT2D eigenvalue weighted by Crippen LogP contribution is 2.35. The third kappa shape index (κ3) is 5.39. The number of amides is 1. The second-order valence-electron chi connectivity index (χ2n) is 10.9. The molecule has 1 fully saturated rings. The summed E-state index contributed by atoms with van der Waals surface area (Å²) in [6.45, 7) is 0. The Morgan fingerprint density at radius 1 is 1.02 bits per heavy atom. The summed E-state index contributed by atoms with van der Waals surface area (Å²) < 4.78 is 54.1. The zero-order valence-electron chi connectivity index (χ0n) is 23.2. The number of pyridine rings is 3. The number of imidazole rings is 1. The number of aryl methyl sites for hydroxylation is 1. The van der Waals surface area contributed by atoms with Crippen LogP contribution in [0.3, 0.4) is 0 Å². The number of rotatable bonds is 8. The van der Waals surface area contributed by atoms with E-state index in [0.717, 1.165) is 19.1 Å². The standard InChI is InChI=1S/C30H24F2N8O3S/c1-44(42,43)7-5-15-8-17(10-19(31)9-15)21-4-6-34-28-25(21)37-29(38-28)26-23-24(32)22(14-35-27(23)40-39-26)18-11-20(13-33-12-18)36-30(41)16-2-3-16/h4,6,8-14,16H,2-3,5,7H2,1H3,(H,36,41)(H,34,37,38)(H,35,39,40). The van der Waals surface area contributed by atoms with Crippen LogP contribution >= 0.6 is 0 Å². The maximum Gasteiger partial charge on any atom is 0.227 e. The van der Waals surface area contributed by atoms with E-state index in [-0.39, 0.29) is 52.1 Å². The Labute approximate surface area is 249 Å². The molecule has 0 aliphatic heterocycles.